The number of para-hydroxylation sites is 1. The van der Waals surface area contributed by atoms with Crippen molar-refractivity contribution in [1.82, 2.24) is 10.6 Å². The van der Waals surface area contributed by atoms with Crippen LogP contribution in [0, 0.1) is 0 Å². The van der Waals surface area contributed by atoms with Gasteiger partial charge in [0.15, 0.2) is 0 Å². The Morgan fingerprint density at radius 2 is 1.92 bits per heavy atom. The van der Waals surface area contributed by atoms with Crippen molar-refractivity contribution in [1.29, 1.82) is 0 Å². The molecular weight excluding hydrogens is 312 g/mol. The summed E-state index contributed by atoms with van der Waals surface area (Å²) in [4.78, 5) is 23.5. The number of amides is 2. The number of aliphatic hydroxyl groups is 1. The van der Waals surface area contributed by atoms with Crippen LogP contribution in [0.3, 0.4) is 0 Å². The third-order valence-electron chi connectivity index (χ3n) is 3.41. The number of furan rings is 1. The molecule has 128 valence electrons. The Morgan fingerprint density at radius 3 is 2.62 bits per heavy atom. The molecule has 0 unspecified atom stereocenters. The van der Waals surface area contributed by atoms with Crippen molar-refractivity contribution in [2.75, 3.05) is 13.7 Å². The first kappa shape index (κ1) is 17.6. The number of nitrogens with one attached hydrogen (secondary N) is 2. The molecule has 2 amide bonds. The van der Waals surface area contributed by atoms with Crippen LogP contribution in [0.1, 0.15) is 23.8 Å². The van der Waals surface area contributed by atoms with Crippen molar-refractivity contribution in [2.24, 2.45) is 0 Å². The van der Waals surface area contributed by atoms with Gasteiger partial charge in [-0.15, -0.1) is 0 Å². The third-order valence-corrected chi connectivity index (χ3v) is 3.41. The fourth-order valence-electron chi connectivity index (χ4n) is 2.13. The van der Waals surface area contributed by atoms with E-state index in [9.17, 15) is 14.7 Å². The minimum absolute atomic E-state index is 0.156. The zero-order chi connectivity index (χ0) is 17.4. The first-order chi connectivity index (χ1) is 11.6. The maximum absolute atomic E-state index is 11.8. The number of hydrogen-bond donors (Lipinski definition) is 3. The Morgan fingerprint density at radius 1 is 1.17 bits per heavy atom. The lowest BCUT2D eigenvalue weighted by molar-refractivity contribution is -0.139. The second kappa shape index (κ2) is 8.73. The molecule has 0 fully saturated rings. The Kier molecular flexibility index (Phi) is 6.39. The molecular formula is C17H20N2O5. The summed E-state index contributed by atoms with van der Waals surface area (Å²) in [5, 5.41) is 14.8. The number of carbonyl (C=O) groups is 2. The fourth-order valence-corrected chi connectivity index (χ4v) is 2.13. The predicted molar refractivity (Wildman–Crippen MR) is 86.1 cm³/mol. The molecule has 2 aromatic rings. The average Bonchev–Trinajstić information content (AvgIpc) is 3.14. The molecule has 0 radical (unpaired) electrons. The van der Waals surface area contributed by atoms with E-state index in [1.165, 1.54) is 13.4 Å². The van der Waals surface area contributed by atoms with E-state index in [4.69, 9.17) is 9.15 Å². The van der Waals surface area contributed by atoms with Gasteiger partial charge >= 0.3 is 11.8 Å². The molecule has 0 bridgehead atoms. The van der Waals surface area contributed by atoms with Crippen molar-refractivity contribution in [2.45, 2.75) is 19.1 Å². The lowest BCUT2D eigenvalue weighted by Gasteiger charge is -2.10. The largest absolute Gasteiger partial charge is 0.496 e. The van der Waals surface area contributed by atoms with Gasteiger partial charge in [-0.2, -0.15) is 0 Å². The number of rotatable bonds is 7. The summed E-state index contributed by atoms with van der Waals surface area (Å²) in [7, 11) is 1.54. The fraction of sp³-hybridized carbons (Fsp3) is 0.294. The highest BCUT2D eigenvalue weighted by Crippen LogP contribution is 2.17. The van der Waals surface area contributed by atoms with Crippen LogP contribution in [0.2, 0.25) is 0 Å². The van der Waals surface area contributed by atoms with Crippen molar-refractivity contribution < 1.29 is 23.8 Å². The number of ether oxygens (including phenoxy) is 1. The maximum Gasteiger partial charge on any atom is 0.309 e. The van der Waals surface area contributed by atoms with E-state index in [2.05, 4.69) is 10.6 Å². The van der Waals surface area contributed by atoms with Gasteiger partial charge in [-0.05, 0) is 24.6 Å². The quantitative estimate of drug-likeness (QED) is 0.660. The van der Waals surface area contributed by atoms with E-state index in [0.717, 1.165) is 5.56 Å². The van der Waals surface area contributed by atoms with Crippen molar-refractivity contribution in [3.8, 4) is 5.75 Å². The lowest BCUT2D eigenvalue weighted by Crippen LogP contribution is -2.40. The number of benzene rings is 1. The highest BCUT2D eigenvalue weighted by Gasteiger charge is 2.15. The lowest BCUT2D eigenvalue weighted by atomic mass is 10.2. The van der Waals surface area contributed by atoms with Crippen LogP contribution in [0.5, 0.6) is 5.75 Å². The van der Waals surface area contributed by atoms with E-state index >= 15 is 0 Å². The molecule has 0 saturated heterocycles. The van der Waals surface area contributed by atoms with Crippen LogP contribution >= 0.6 is 0 Å². The topological polar surface area (TPSA) is 101 Å². The number of methoxy groups -OCH3 is 1. The smallest absolute Gasteiger partial charge is 0.309 e. The summed E-state index contributed by atoms with van der Waals surface area (Å²) in [6, 6.07) is 10.5. The summed E-state index contributed by atoms with van der Waals surface area (Å²) >= 11 is 0. The molecule has 24 heavy (non-hydrogen) atoms. The zero-order valence-electron chi connectivity index (χ0n) is 13.3. The van der Waals surface area contributed by atoms with Crippen LogP contribution in [-0.4, -0.2) is 30.6 Å². The average molecular weight is 332 g/mol. The molecule has 0 spiro atoms. The first-order valence-corrected chi connectivity index (χ1v) is 7.51. The van der Waals surface area contributed by atoms with Crippen LogP contribution in [-0.2, 0) is 16.1 Å². The first-order valence-electron chi connectivity index (χ1n) is 7.51. The van der Waals surface area contributed by atoms with Gasteiger partial charge in [0.1, 0.15) is 17.6 Å². The minimum Gasteiger partial charge on any atom is -0.496 e. The Bertz CT molecular complexity index is 669. The van der Waals surface area contributed by atoms with E-state index in [0.29, 0.717) is 11.5 Å². The van der Waals surface area contributed by atoms with Crippen LogP contribution < -0.4 is 15.4 Å². The van der Waals surface area contributed by atoms with Crippen molar-refractivity contribution in [3.63, 3.8) is 0 Å². The molecule has 1 aromatic heterocycles. The highest BCUT2D eigenvalue weighted by molar-refractivity contribution is 6.35. The molecule has 0 aliphatic rings. The molecule has 2 rings (SSSR count). The Hall–Kier alpha value is -2.80. The molecule has 1 heterocycles. The van der Waals surface area contributed by atoms with Crippen LogP contribution in [0.25, 0.3) is 0 Å². The number of hydrogen-bond acceptors (Lipinski definition) is 5. The normalized spacial score (nSPS) is 11.6. The molecule has 7 nitrogen and oxygen atoms in total. The van der Waals surface area contributed by atoms with Gasteiger partial charge in [0.25, 0.3) is 0 Å². The predicted octanol–water partition coefficient (Wildman–Crippen LogP) is 1.14. The highest BCUT2D eigenvalue weighted by atomic mass is 16.5. The summed E-state index contributed by atoms with van der Waals surface area (Å²) in [5.74, 6) is -0.436. The standard InChI is InChI=1S/C17H20N2O5/c1-23-14-6-3-2-5-12(14)11-19-17(22)16(21)18-9-8-13(20)15-7-4-10-24-15/h2-7,10,13,20H,8-9,11H2,1H3,(H,18,21)(H,19,22)/t13-/m1/s1. The van der Waals surface area contributed by atoms with Gasteiger partial charge < -0.3 is 24.9 Å². The van der Waals surface area contributed by atoms with Gasteiger partial charge in [-0.25, -0.2) is 0 Å². The number of carbonyl (C=O) groups excluding carboxylic acids is 2. The molecule has 1 atom stereocenters. The van der Waals surface area contributed by atoms with E-state index in [-0.39, 0.29) is 19.5 Å². The Balaban J connectivity index is 1.73. The molecule has 7 heteroatoms. The molecule has 0 aliphatic heterocycles. The monoisotopic (exact) mass is 332 g/mol. The second-order valence-electron chi connectivity index (χ2n) is 5.07. The minimum atomic E-state index is -0.822. The van der Waals surface area contributed by atoms with Crippen LogP contribution in [0.4, 0.5) is 0 Å². The molecule has 1 aromatic carbocycles. The second-order valence-corrected chi connectivity index (χ2v) is 5.07. The molecule has 0 aliphatic carbocycles. The summed E-state index contributed by atoms with van der Waals surface area (Å²) in [5.41, 5.74) is 0.773. The van der Waals surface area contributed by atoms with Gasteiger partial charge in [-0.1, -0.05) is 18.2 Å². The summed E-state index contributed by atoms with van der Waals surface area (Å²) in [6.07, 6.45) is 0.888. The zero-order valence-corrected chi connectivity index (χ0v) is 13.3. The van der Waals surface area contributed by atoms with Crippen molar-refractivity contribution in [3.05, 3.63) is 54.0 Å². The van der Waals surface area contributed by atoms with Crippen LogP contribution in [0.15, 0.2) is 47.1 Å². The van der Waals surface area contributed by atoms with Gasteiger partial charge in [0.05, 0.1) is 13.4 Å². The number of aliphatic hydroxyl groups excluding tert-OH is 1. The third kappa shape index (κ3) is 4.85. The Labute approximate surface area is 139 Å². The van der Waals surface area contributed by atoms with E-state index in [1.807, 2.05) is 12.1 Å². The van der Waals surface area contributed by atoms with Crippen molar-refractivity contribution >= 4 is 11.8 Å². The van der Waals surface area contributed by atoms with Gasteiger partial charge in [0, 0.05) is 18.7 Å². The maximum atomic E-state index is 11.8. The van der Waals surface area contributed by atoms with E-state index < -0.39 is 17.9 Å². The molecule has 0 saturated carbocycles. The summed E-state index contributed by atoms with van der Waals surface area (Å²) < 4.78 is 10.2. The van der Waals surface area contributed by atoms with Gasteiger partial charge in [-0.3, -0.25) is 9.59 Å². The van der Waals surface area contributed by atoms with Gasteiger partial charge in [0.2, 0.25) is 0 Å². The summed E-state index contributed by atoms with van der Waals surface area (Å²) in [6.45, 7) is 0.341. The SMILES string of the molecule is COc1ccccc1CNC(=O)C(=O)NCC[C@@H](O)c1ccco1. The molecule has 3 N–H and O–H groups in total. The van der Waals surface area contributed by atoms with E-state index in [1.54, 1.807) is 24.3 Å².